The van der Waals surface area contributed by atoms with E-state index in [-0.39, 0.29) is 0 Å². The highest BCUT2D eigenvalue weighted by molar-refractivity contribution is 5.60. The third-order valence-electron chi connectivity index (χ3n) is 0.298. The molecule has 0 atom stereocenters. The van der Waals surface area contributed by atoms with Crippen LogP contribution in [-0.2, 0) is 4.84 Å². The molecule has 1 aliphatic rings. The summed E-state index contributed by atoms with van der Waals surface area (Å²) < 4.78 is 0. The molecule has 0 unspecified atom stereocenters. The maximum atomic E-state index is 4.29. The summed E-state index contributed by atoms with van der Waals surface area (Å²) in [5.41, 5.74) is 0. The first-order valence-electron chi connectivity index (χ1n) is 1.14. The summed E-state index contributed by atoms with van der Waals surface area (Å²) in [6.45, 7) is 0.708. The molecule has 0 aromatic carbocycles. The first-order chi connectivity index (χ1) is 2.00. The molecule has 0 saturated heterocycles. The fourth-order valence-corrected chi connectivity index (χ4v) is 0.0745. The monoisotopic (exact) mass is 57.0 g/mol. The molecule has 0 amide bonds. The highest BCUT2D eigenvalue weighted by Crippen LogP contribution is 1.78. The maximum absolute atomic E-state index is 4.29. The van der Waals surface area contributed by atoms with Crippen molar-refractivity contribution in [3.05, 3.63) is 0 Å². The Morgan fingerprint density at radius 3 is 2.25 bits per heavy atom. The van der Waals surface area contributed by atoms with E-state index in [1.807, 2.05) is 0 Å². The Balaban J connectivity index is 2.47. The quantitative estimate of drug-likeness (QED) is 0.383. The predicted octanol–water partition coefficient (Wildman–Crippen LogP) is 0.00240. The average molecular weight is 57.1 g/mol. The molecular weight excluding hydrogens is 54.0 g/mol. The van der Waals surface area contributed by atoms with Crippen LogP contribution in [0.2, 0.25) is 0 Å². The van der Waals surface area contributed by atoms with E-state index >= 15 is 0 Å². The van der Waals surface area contributed by atoms with Crippen molar-refractivity contribution in [2.24, 2.45) is 5.16 Å². The van der Waals surface area contributed by atoms with E-state index in [4.69, 9.17) is 0 Å². The van der Waals surface area contributed by atoms with Crippen LogP contribution < -0.4 is 0 Å². The van der Waals surface area contributed by atoms with E-state index in [1.165, 1.54) is 0 Å². The van der Waals surface area contributed by atoms with Gasteiger partial charge in [-0.1, -0.05) is 5.16 Å². The Hall–Kier alpha value is -0.530. The second-order valence-electron chi connectivity index (χ2n) is 0.584. The second kappa shape index (κ2) is 0.443. The molecule has 1 heterocycles. The van der Waals surface area contributed by atoms with Gasteiger partial charge in [0.25, 0.3) is 0 Å². The van der Waals surface area contributed by atoms with Crippen LogP contribution in [0, 0.1) is 0 Å². The van der Waals surface area contributed by atoms with Crippen molar-refractivity contribution in [3.63, 3.8) is 0 Å². The zero-order valence-corrected chi connectivity index (χ0v) is 2.14. The summed E-state index contributed by atoms with van der Waals surface area (Å²) in [7, 11) is 0. The third-order valence-corrected chi connectivity index (χ3v) is 0.298. The highest BCUT2D eigenvalue weighted by Gasteiger charge is 1.82. The third kappa shape index (κ3) is 0.0270. The minimum atomic E-state index is 0.708. The van der Waals surface area contributed by atoms with Gasteiger partial charge in [0.05, 0.1) is 6.21 Å². The molecule has 4 heavy (non-hydrogen) atoms. The lowest BCUT2D eigenvalue weighted by molar-refractivity contribution is 0.149. The van der Waals surface area contributed by atoms with Crippen LogP contribution in [0.3, 0.4) is 0 Å². The molecule has 0 fully saturated rings. The lowest BCUT2D eigenvalue weighted by Crippen LogP contribution is -1.98. The van der Waals surface area contributed by atoms with E-state index in [2.05, 4.69) is 9.99 Å². The van der Waals surface area contributed by atoms with Crippen LogP contribution in [0.5, 0.6) is 0 Å². The van der Waals surface area contributed by atoms with Crippen molar-refractivity contribution in [1.82, 2.24) is 0 Å². The molecule has 2 heteroatoms. The highest BCUT2D eigenvalue weighted by atomic mass is 16.6. The number of oxime groups is 1. The van der Waals surface area contributed by atoms with Crippen molar-refractivity contribution >= 4 is 6.21 Å². The van der Waals surface area contributed by atoms with Crippen LogP contribution in [0.15, 0.2) is 5.16 Å². The predicted molar refractivity (Wildman–Crippen MR) is 14.4 cm³/mol. The Kier molecular flexibility index (Phi) is 0.195. The Morgan fingerprint density at radius 1 is 2.00 bits per heavy atom. The number of nitrogens with zero attached hydrogens (tertiary/aromatic N) is 1. The SMILES string of the molecule is C1=NOC1. The van der Waals surface area contributed by atoms with Crippen molar-refractivity contribution < 1.29 is 4.84 Å². The molecule has 22 valence electrons. The Bertz CT molecular complexity index is 35.3. The van der Waals surface area contributed by atoms with E-state index in [0.29, 0.717) is 6.61 Å². The van der Waals surface area contributed by atoms with Gasteiger partial charge in [0, 0.05) is 0 Å². The minimum absolute atomic E-state index is 0.708. The van der Waals surface area contributed by atoms with Crippen LogP contribution in [0.1, 0.15) is 0 Å². The molecule has 0 aromatic heterocycles. The molecule has 0 spiro atoms. The van der Waals surface area contributed by atoms with E-state index < -0.39 is 0 Å². The molecule has 1 rings (SSSR count). The lowest BCUT2D eigenvalue weighted by Gasteiger charge is -1.96. The molecule has 0 radical (unpaired) electrons. The van der Waals surface area contributed by atoms with Gasteiger partial charge in [-0.15, -0.1) is 0 Å². The maximum Gasteiger partial charge on any atom is 0.155 e. The summed E-state index contributed by atoms with van der Waals surface area (Å²) in [6.07, 6.45) is 1.71. The summed E-state index contributed by atoms with van der Waals surface area (Å²) in [5.74, 6) is 0. The molecular formula is C2H3NO. The van der Waals surface area contributed by atoms with Gasteiger partial charge in [0.15, 0.2) is 6.61 Å². The van der Waals surface area contributed by atoms with Crippen LogP contribution in [0.25, 0.3) is 0 Å². The van der Waals surface area contributed by atoms with Gasteiger partial charge >= 0.3 is 0 Å². The van der Waals surface area contributed by atoms with Crippen LogP contribution >= 0.6 is 0 Å². The largest absolute Gasteiger partial charge is 0.390 e. The van der Waals surface area contributed by atoms with E-state index in [0.717, 1.165) is 0 Å². The number of hydrogen-bond acceptors (Lipinski definition) is 2. The smallest absolute Gasteiger partial charge is 0.155 e. The average Bonchev–Trinajstić information content (AvgIpc) is 0.722. The summed E-state index contributed by atoms with van der Waals surface area (Å²) in [5, 5.41) is 3.29. The summed E-state index contributed by atoms with van der Waals surface area (Å²) in [6, 6.07) is 0. The van der Waals surface area contributed by atoms with Gasteiger partial charge in [-0.05, 0) is 0 Å². The van der Waals surface area contributed by atoms with Gasteiger partial charge in [-0.2, -0.15) is 0 Å². The molecule has 0 aromatic rings. The van der Waals surface area contributed by atoms with Crippen molar-refractivity contribution in [1.29, 1.82) is 0 Å². The molecule has 1 aliphatic heterocycles. The van der Waals surface area contributed by atoms with Crippen LogP contribution in [0.4, 0.5) is 0 Å². The number of rotatable bonds is 0. The van der Waals surface area contributed by atoms with Gasteiger partial charge < -0.3 is 4.84 Å². The second-order valence-corrected chi connectivity index (χ2v) is 0.584. The van der Waals surface area contributed by atoms with Gasteiger partial charge in [-0.3, -0.25) is 0 Å². The van der Waals surface area contributed by atoms with Gasteiger partial charge in [-0.25, -0.2) is 0 Å². The topological polar surface area (TPSA) is 21.6 Å². The molecule has 0 N–H and O–H groups in total. The first-order valence-corrected chi connectivity index (χ1v) is 1.14. The van der Waals surface area contributed by atoms with Gasteiger partial charge in [0.2, 0.25) is 0 Å². The fraction of sp³-hybridized carbons (Fsp3) is 0.500. The normalized spacial score (nSPS) is 18.0. The molecule has 2 nitrogen and oxygen atoms in total. The van der Waals surface area contributed by atoms with Crippen molar-refractivity contribution in [2.75, 3.05) is 6.61 Å². The first kappa shape index (κ1) is 1.76. The molecule has 0 saturated carbocycles. The minimum Gasteiger partial charge on any atom is -0.390 e. The Morgan fingerprint density at radius 2 is 2.25 bits per heavy atom. The van der Waals surface area contributed by atoms with E-state index in [1.54, 1.807) is 6.21 Å². The summed E-state index contributed by atoms with van der Waals surface area (Å²) in [4.78, 5) is 4.29. The van der Waals surface area contributed by atoms with E-state index in [9.17, 15) is 0 Å². The zero-order chi connectivity index (χ0) is 2.83. The van der Waals surface area contributed by atoms with Crippen molar-refractivity contribution in [3.8, 4) is 0 Å². The standard InChI is InChI=1S/C2H3NO/c1-2-4-3-1/h1H,2H2. The molecule has 0 bridgehead atoms. The van der Waals surface area contributed by atoms with Crippen LogP contribution in [-0.4, -0.2) is 12.8 Å². The molecule has 0 aliphatic carbocycles. The zero-order valence-electron chi connectivity index (χ0n) is 2.14. The fourth-order valence-electron chi connectivity index (χ4n) is 0.0745. The summed E-state index contributed by atoms with van der Waals surface area (Å²) >= 11 is 0. The lowest BCUT2D eigenvalue weighted by atomic mass is 10.8. The Labute approximate surface area is 24.1 Å². The number of hydrogen-bond donors (Lipinski definition) is 0. The van der Waals surface area contributed by atoms with Gasteiger partial charge in [0.1, 0.15) is 0 Å². The van der Waals surface area contributed by atoms with Crippen molar-refractivity contribution in [2.45, 2.75) is 0 Å².